The highest BCUT2D eigenvalue weighted by atomic mass is 16.2. The van der Waals surface area contributed by atoms with Gasteiger partial charge >= 0.3 is 6.03 Å². The first-order valence-electron chi connectivity index (χ1n) is 7.13. The van der Waals surface area contributed by atoms with Crippen LogP contribution in [-0.2, 0) is 0 Å². The maximum atomic E-state index is 11.7. The largest absolute Gasteiger partial charge is 0.335 e. The quantitative estimate of drug-likeness (QED) is 0.773. The Hall–Kier alpha value is -1.56. The first-order chi connectivity index (χ1) is 9.31. The summed E-state index contributed by atoms with van der Waals surface area (Å²) >= 11 is 0. The van der Waals surface area contributed by atoms with E-state index < -0.39 is 0 Å². The minimum absolute atomic E-state index is 0.116. The third kappa shape index (κ3) is 3.07. The van der Waals surface area contributed by atoms with Crippen molar-refractivity contribution in [1.82, 2.24) is 20.4 Å². The van der Waals surface area contributed by atoms with E-state index in [9.17, 15) is 4.79 Å². The van der Waals surface area contributed by atoms with Crippen LogP contribution in [0.5, 0.6) is 0 Å². The molecule has 19 heavy (non-hydrogen) atoms. The maximum absolute atomic E-state index is 11.7. The molecule has 1 saturated heterocycles. The van der Waals surface area contributed by atoms with Crippen LogP contribution in [0.1, 0.15) is 38.1 Å². The van der Waals surface area contributed by atoms with Crippen LogP contribution in [0, 0.1) is 0 Å². The molecule has 0 spiro atoms. The molecule has 3 N–H and O–H groups in total. The fraction of sp³-hybridized carbons (Fsp3) is 0.692. The Balaban J connectivity index is 1.53. The lowest BCUT2D eigenvalue weighted by atomic mass is 9.93. The standard InChI is InChI=1S/C13H21N5O/c19-13(16-10-2-1-3-10)17-11-8-15-18(9-11)12-4-6-14-7-5-12/h8-10,12,14H,1-7H2,(H2,16,17,19). The zero-order valence-corrected chi connectivity index (χ0v) is 11.1. The second-order valence-corrected chi connectivity index (χ2v) is 5.42. The van der Waals surface area contributed by atoms with E-state index in [-0.39, 0.29) is 6.03 Å². The van der Waals surface area contributed by atoms with Crippen molar-refractivity contribution < 1.29 is 4.79 Å². The summed E-state index contributed by atoms with van der Waals surface area (Å²) in [5.41, 5.74) is 0.773. The molecular weight excluding hydrogens is 242 g/mol. The normalized spacial score (nSPS) is 20.8. The van der Waals surface area contributed by atoms with E-state index in [0.717, 1.165) is 44.5 Å². The van der Waals surface area contributed by atoms with Crippen molar-refractivity contribution in [1.29, 1.82) is 0 Å². The van der Waals surface area contributed by atoms with Crippen LogP contribution in [0.15, 0.2) is 12.4 Å². The van der Waals surface area contributed by atoms with Crippen LogP contribution in [0.25, 0.3) is 0 Å². The van der Waals surface area contributed by atoms with Gasteiger partial charge in [0, 0.05) is 12.2 Å². The maximum Gasteiger partial charge on any atom is 0.319 e. The van der Waals surface area contributed by atoms with Gasteiger partial charge in [-0.15, -0.1) is 0 Å². The lowest BCUT2D eigenvalue weighted by Gasteiger charge is -2.26. The second kappa shape index (κ2) is 5.61. The van der Waals surface area contributed by atoms with Crippen molar-refractivity contribution >= 4 is 11.7 Å². The van der Waals surface area contributed by atoms with E-state index >= 15 is 0 Å². The van der Waals surface area contributed by atoms with Gasteiger partial charge in [-0.1, -0.05) is 0 Å². The van der Waals surface area contributed by atoms with Crippen LogP contribution in [0.2, 0.25) is 0 Å². The molecule has 0 radical (unpaired) electrons. The molecule has 1 aromatic rings. The highest BCUT2D eigenvalue weighted by molar-refractivity contribution is 5.89. The molecule has 6 nitrogen and oxygen atoms in total. The Morgan fingerprint density at radius 3 is 2.79 bits per heavy atom. The van der Waals surface area contributed by atoms with E-state index in [0.29, 0.717) is 12.1 Å². The summed E-state index contributed by atoms with van der Waals surface area (Å²) in [7, 11) is 0. The summed E-state index contributed by atoms with van der Waals surface area (Å²) in [6, 6.07) is 0.695. The predicted molar refractivity (Wildman–Crippen MR) is 73.2 cm³/mol. The molecule has 2 aliphatic rings. The number of carbonyl (C=O) groups is 1. The zero-order valence-electron chi connectivity index (χ0n) is 11.1. The van der Waals surface area contributed by atoms with E-state index in [1.807, 2.05) is 10.9 Å². The van der Waals surface area contributed by atoms with E-state index in [1.54, 1.807) is 6.20 Å². The number of nitrogens with one attached hydrogen (secondary N) is 3. The molecule has 0 unspecified atom stereocenters. The number of carbonyl (C=O) groups excluding carboxylic acids is 1. The van der Waals surface area contributed by atoms with Gasteiger partial charge in [0.1, 0.15) is 0 Å². The van der Waals surface area contributed by atoms with Crippen LogP contribution < -0.4 is 16.0 Å². The third-order valence-electron chi connectivity index (χ3n) is 3.98. The van der Waals surface area contributed by atoms with Gasteiger partial charge in [0.15, 0.2) is 0 Å². The number of aromatic nitrogens is 2. The van der Waals surface area contributed by atoms with Crippen LogP contribution in [0.3, 0.4) is 0 Å². The minimum atomic E-state index is -0.116. The molecule has 3 rings (SSSR count). The van der Waals surface area contributed by atoms with Crippen molar-refractivity contribution in [3.05, 3.63) is 12.4 Å². The van der Waals surface area contributed by atoms with Gasteiger partial charge in [0.2, 0.25) is 0 Å². The number of rotatable bonds is 3. The van der Waals surface area contributed by atoms with Crippen molar-refractivity contribution in [3.8, 4) is 0 Å². The summed E-state index contributed by atoms with van der Waals surface area (Å²) in [5, 5.41) is 13.5. The zero-order chi connectivity index (χ0) is 13.1. The number of hydrogen-bond donors (Lipinski definition) is 3. The molecule has 1 saturated carbocycles. The average molecular weight is 263 g/mol. The Kier molecular flexibility index (Phi) is 3.68. The molecule has 1 aromatic heterocycles. The van der Waals surface area contributed by atoms with Gasteiger partial charge in [-0.25, -0.2) is 4.79 Å². The molecule has 1 aliphatic carbocycles. The highest BCUT2D eigenvalue weighted by Crippen LogP contribution is 2.20. The molecule has 2 amide bonds. The van der Waals surface area contributed by atoms with Crippen LogP contribution >= 0.6 is 0 Å². The number of amides is 2. The number of hydrogen-bond acceptors (Lipinski definition) is 3. The second-order valence-electron chi connectivity index (χ2n) is 5.42. The topological polar surface area (TPSA) is 71.0 Å². The first-order valence-corrected chi connectivity index (χ1v) is 7.13. The molecule has 6 heteroatoms. The smallest absolute Gasteiger partial charge is 0.319 e. The summed E-state index contributed by atoms with van der Waals surface area (Å²) in [6.45, 7) is 2.07. The SMILES string of the molecule is O=C(Nc1cnn(C2CCNCC2)c1)NC1CCC1. The predicted octanol–water partition coefficient (Wildman–Crippen LogP) is 1.48. The summed E-state index contributed by atoms with van der Waals surface area (Å²) in [5.74, 6) is 0. The van der Waals surface area contributed by atoms with Crippen molar-refractivity contribution in [2.45, 2.75) is 44.2 Å². The van der Waals surface area contributed by atoms with Gasteiger partial charge in [0.25, 0.3) is 0 Å². The Morgan fingerprint density at radius 1 is 1.32 bits per heavy atom. The molecule has 0 bridgehead atoms. The minimum Gasteiger partial charge on any atom is -0.335 e. The van der Waals surface area contributed by atoms with E-state index in [2.05, 4.69) is 21.0 Å². The van der Waals surface area contributed by atoms with Crippen molar-refractivity contribution in [2.75, 3.05) is 18.4 Å². The fourth-order valence-corrected chi connectivity index (χ4v) is 2.58. The van der Waals surface area contributed by atoms with Gasteiger partial charge in [-0.3, -0.25) is 4.68 Å². The Bertz CT molecular complexity index is 434. The third-order valence-corrected chi connectivity index (χ3v) is 3.98. The monoisotopic (exact) mass is 263 g/mol. The molecule has 2 heterocycles. The Morgan fingerprint density at radius 2 is 2.11 bits per heavy atom. The summed E-state index contributed by atoms with van der Waals surface area (Å²) in [6.07, 6.45) is 9.26. The van der Waals surface area contributed by atoms with E-state index in [4.69, 9.17) is 0 Å². The molecule has 0 atom stereocenters. The van der Waals surface area contributed by atoms with Gasteiger partial charge in [-0.05, 0) is 45.2 Å². The molecule has 104 valence electrons. The molecule has 0 aromatic carbocycles. The summed E-state index contributed by atoms with van der Waals surface area (Å²) in [4.78, 5) is 11.7. The van der Waals surface area contributed by atoms with Gasteiger partial charge in [0.05, 0.1) is 17.9 Å². The number of urea groups is 1. The van der Waals surface area contributed by atoms with Crippen LogP contribution in [-0.4, -0.2) is 34.9 Å². The summed E-state index contributed by atoms with van der Waals surface area (Å²) < 4.78 is 1.97. The lowest BCUT2D eigenvalue weighted by molar-refractivity contribution is 0.240. The number of piperidine rings is 1. The fourth-order valence-electron chi connectivity index (χ4n) is 2.58. The number of anilines is 1. The molecule has 2 fully saturated rings. The van der Waals surface area contributed by atoms with Gasteiger partial charge < -0.3 is 16.0 Å². The average Bonchev–Trinajstić information content (AvgIpc) is 2.83. The Labute approximate surface area is 112 Å². The van der Waals surface area contributed by atoms with Crippen molar-refractivity contribution in [3.63, 3.8) is 0 Å². The van der Waals surface area contributed by atoms with Gasteiger partial charge in [-0.2, -0.15) is 5.10 Å². The van der Waals surface area contributed by atoms with E-state index in [1.165, 1.54) is 6.42 Å². The first kappa shape index (κ1) is 12.5. The number of nitrogens with zero attached hydrogens (tertiary/aromatic N) is 2. The van der Waals surface area contributed by atoms with Crippen molar-refractivity contribution in [2.24, 2.45) is 0 Å². The lowest BCUT2D eigenvalue weighted by Crippen LogP contribution is -2.41. The molecule has 1 aliphatic heterocycles. The molecular formula is C13H21N5O. The highest BCUT2D eigenvalue weighted by Gasteiger charge is 2.20. The van der Waals surface area contributed by atoms with Crippen LogP contribution in [0.4, 0.5) is 10.5 Å².